The third kappa shape index (κ3) is 3.34. The molecule has 1 heterocycles. The second-order valence-electron chi connectivity index (χ2n) is 4.50. The number of ketones is 1. The summed E-state index contributed by atoms with van der Waals surface area (Å²) in [7, 11) is 0. The van der Waals surface area contributed by atoms with Crippen LogP contribution in [0.25, 0.3) is 0 Å². The first kappa shape index (κ1) is 14.0. The van der Waals surface area contributed by atoms with E-state index in [2.05, 4.69) is 4.98 Å². The Morgan fingerprint density at radius 1 is 1.16 bits per heavy atom. The average molecular weight is 294 g/mol. The van der Waals surface area contributed by atoms with Gasteiger partial charge in [-0.25, -0.2) is 4.98 Å². The van der Waals surface area contributed by atoms with Crippen LogP contribution in [0.3, 0.4) is 0 Å². The minimum atomic E-state index is -0.107. The number of rotatable bonds is 3. The van der Waals surface area contributed by atoms with E-state index in [1.807, 2.05) is 32.0 Å². The van der Waals surface area contributed by atoms with Crippen LogP contribution < -0.4 is 0 Å². The van der Waals surface area contributed by atoms with Gasteiger partial charge in [-0.15, -0.1) is 0 Å². The topological polar surface area (TPSA) is 30.0 Å². The van der Waals surface area contributed by atoms with Gasteiger partial charge in [0.2, 0.25) is 0 Å². The largest absolute Gasteiger partial charge is 0.292 e. The Morgan fingerprint density at radius 2 is 1.89 bits per heavy atom. The number of carbonyl (C=O) groups excluding carboxylic acids is 1. The van der Waals surface area contributed by atoms with Crippen molar-refractivity contribution in [2.24, 2.45) is 0 Å². The summed E-state index contributed by atoms with van der Waals surface area (Å²) in [5.74, 6) is -0.107. The van der Waals surface area contributed by atoms with Gasteiger partial charge in [0.1, 0.15) is 5.69 Å². The van der Waals surface area contributed by atoms with Crippen molar-refractivity contribution >= 4 is 29.0 Å². The Hall–Kier alpha value is -1.38. The first-order chi connectivity index (χ1) is 8.97. The molecule has 1 aromatic carbocycles. The standard InChI is InChI=1S/C15H13Cl2NO/c1-9-3-4-11(5-10(9)2)6-14(19)15-13(17)7-12(16)8-18-15/h3-5,7-8H,6H2,1-2H3. The molecule has 0 aliphatic rings. The molecule has 2 rings (SSSR count). The van der Waals surface area contributed by atoms with E-state index in [9.17, 15) is 4.79 Å². The van der Waals surface area contributed by atoms with E-state index in [0.29, 0.717) is 10.0 Å². The molecule has 2 nitrogen and oxygen atoms in total. The molecule has 2 aromatic rings. The summed E-state index contributed by atoms with van der Waals surface area (Å²) < 4.78 is 0. The molecular weight excluding hydrogens is 281 g/mol. The maximum Gasteiger partial charge on any atom is 0.187 e. The van der Waals surface area contributed by atoms with Crippen LogP contribution in [0.2, 0.25) is 10.0 Å². The van der Waals surface area contributed by atoms with Crippen molar-refractivity contribution in [2.45, 2.75) is 20.3 Å². The molecule has 0 amide bonds. The summed E-state index contributed by atoms with van der Waals surface area (Å²) in [5, 5.41) is 0.717. The predicted molar refractivity (Wildman–Crippen MR) is 78.2 cm³/mol. The fourth-order valence-electron chi connectivity index (χ4n) is 1.80. The minimum Gasteiger partial charge on any atom is -0.292 e. The van der Waals surface area contributed by atoms with Crippen molar-refractivity contribution in [3.63, 3.8) is 0 Å². The minimum absolute atomic E-state index is 0.107. The Kier molecular flexibility index (Phi) is 4.23. The zero-order chi connectivity index (χ0) is 14.0. The number of hydrogen-bond acceptors (Lipinski definition) is 2. The molecule has 1 aromatic heterocycles. The average Bonchev–Trinajstić information content (AvgIpc) is 2.33. The van der Waals surface area contributed by atoms with E-state index < -0.39 is 0 Å². The van der Waals surface area contributed by atoms with E-state index >= 15 is 0 Å². The van der Waals surface area contributed by atoms with Crippen molar-refractivity contribution < 1.29 is 4.79 Å². The second-order valence-corrected chi connectivity index (χ2v) is 5.35. The number of Topliss-reactive ketones (excluding diaryl/α,β-unsaturated/α-hetero) is 1. The molecule has 0 bridgehead atoms. The summed E-state index contributed by atoms with van der Waals surface area (Å²) in [6.07, 6.45) is 1.72. The van der Waals surface area contributed by atoms with Crippen molar-refractivity contribution in [2.75, 3.05) is 0 Å². The third-order valence-electron chi connectivity index (χ3n) is 3.01. The van der Waals surface area contributed by atoms with E-state index in [-0.39, 0.29) is 17.9 Å². The maximum atomic E-state index is 12.2. The highest BCUT2D eigenvalue weighted by Gasteiger charge is 2.13. The van der Waals surface area contributed by atoms with Gasteiger partial charge in [-0.05, 0) is 36.6 Å². The Morgan fingerprint density at radius 3 is 2.53 bits per heavy atom. The number of halogens is 2. The van der Waals surface area contributed by atoms with Crippen molar-refractivity contribution in [1.82, 2.24) is 4.98 Å². The second kappa shape index (κ2) is 5.72. The highest BCUT2D eigenvalue weighted by molar-refractivity contribution is 6.36. The number of aromatic nitrogens is 1. The predicted octanol–water partition coefficient (Wildman–Crippen LogP) is 4.43. The molecule has 98 valence electrons. The highest BCUT2D eigenvalue weighted by Crippen LogP contribution is 2.20. The van der Waals surface area contributed by atoms with Crippen LogP contribution in [-0.2, 0) is 6.42 Å². The van der Waals surface area contributed by atoms with Crippen molar-refractivity contribution in [1.29, 1.82) is 0 Å². The normalized spacial score (nSPS) is 10.5. The number of hydrogen-bond donors (Lipinski definition) is 0. The SMILES string of the molecule is Cc1ccc(CC(=O)c2ncc(Cl)cc2Cl)cc1C. The molecule has 0 fully saturated rings. The molecule has 0 unspecified atom stereocenters. The monoisotopic (exact) mass is 293 g/mol. The molecule has 0 atom stereocenters. The van der Waals surface area contributed by atoms with Crippen LogP contribution >= 0.6 is 23.2 Å². The lowest BCUT2D eigenvalue weighted by Crippen LogP contribution is -2.07. The molecule has 0 radical (unpaired) electrons. The molecule has 0 aliphatic carbocycles. The summed E-state index contributed by atoms with van der Waals surface area (Å²) in [6, 6.07) is 7.50. The van der Waals surface area contributed by atoms with E-state index in [1.54, 1.807) is 0 Å². The van der Waals surface area contributed by atoms with Crippen LogP contribution in [0.15, 0.2) is 30.5 Å². The molecule has 19 heavy (non-hydrogen) atoms. The van der Waals surface area contributed by atoms with Crippen LogP contribution in [0.5, 0.6) is 0 Å². The molecule has 0 saturated heterocycles. The van der Waals surface area contributed by atoms with Crippen molar-refractivity contribution in [3.05, 3.63) is 62.9 Å². The molecule has 0 aliphatic heterocycles. The van der Waals surface area contributed by atoms with Crippen LogP contribution in [-0.4, -0.2) is 10.8 Å². The van der Waals surface area contributed by atoms with E-state index in [4.69, 9.17) is 23.2 Å². The summed E-state index contributed by atoms with van der Waals surface area (Å²) >= 11 is 11.7. The van der Waals surface area contributed by atoms with Gasteiger partial charge in [0.25, 0.3) is 0 Å². The number of benzene rings is 1. The van der Waals surface area contributed by atoms with E-state index in [1.165, 1.54) is 23.4 Å². The fourth-order valence-corrected chi connectivity index (χ4v) is 2.29. The summed E-state index contributed by atoms with van der Waals surface area (Å²) in [5.41, 5.74) is 3.60. The smallest absolute Gasteiger partial charge is 0.187 e. The third-order valence-corrected chi connectivity index (χ3v) is 3.50. The van der Waals surface area contributed by atoms with Crippen LogP contribution in [0, 0.1) is 13.8 Å². The van der Waals surface area contributed by atoms with Gasteiger partial charge in [-0.3, -0.25) is 4.79 Å². The Bertz CT molecular complexity index is 638. The van der Waals surface area contributed by atoms with Crippen molar-refractivity contribution in [3.8, 4) is 0 Å². The van der Waals surface area contributed by atoms with Gasteiger partial charge in [0, 0.05) is 12.6 Å². The van der Waals surface area contributed by atoms with Gasteiger partial charge in [-0.1, -0.05) is 41.4 Å². The Labute approximate surface area is 122 Å². The van der Waals surface area contributed by atoms with Gasteiger partial charge in [0.15, 0.2) is 5.78 Å². The lowest BCUT2D eigenvalue weighted by atomic mass is 10.0. The van der Waals surface area contributed by atoms with Gasteiger partial charge in [0.05, 0.1) is 10.0 Å². The number of aryl methyl sites for hydroxylation is 2. The lowest BCUT2D eigenvalue weighted by molar-refractivity contribution is 0.0988. The Balaban J connectivity index is 2.23. The molecular formula is C15H13Cl2NO. The van der Waals surface area contributed by atoms with Crippen LogP contribution in [0.4, 0.5) is 0 Å². The highest BCUT2D eigenvalue weighted by atomic mass is 35.5. The van der Waals surface area contributed by atoms with Gasteiger partial charge >= 0.3 is 0 Å². The summed E-state index contributed by atoms with van der Waals surface area (Å²) in [6.45, 7) is 4.06. The molecule has 0 N–H and O–H groups in total. The molecule has 4 heteroatoms. The first-order valence-electron chi connectivity index (χ1n) is 5.88. The van der Waals surface area contributed by atoms with E-state index in [0.717, 1.165) is 5.56 Å². The summed E-state index contributed by atoms with van der Waals surface area (Å²) in [4.78, 5) is 16.2. The number of carbonyl (C=O) groups is 1. The number of pyridine rings is 1. The quantitative estimate of drug-likeness (QED) is 0.784. The molecule has 0 saturated carbocycles. The first-order valence-corrected chi connectivity index (χ1v) is 6.63. The zero-order valence-electron chi connectivity index (χ0n) is 10.7. The number of nitrogens with zero attached hydrogens (tertiary/aromatic N) is 1. The van der Waals surface area contributed by atoms with Gasteiger partial charge in [-0.2, -0.15) is 0 Å². The maximum absolute atomic E-state index is 12.2. The lowest BCUT2D eigenvalue weighted by Gasteiger charge is -2.06. The zero-order valence-corrected chi connectivity index (χ0v) is 12.2. The van der Waals surface area contributed by atoms with Crippen LogP contribution in [0.1, 0.15) is 27.2 Å². The fraction of sp³-hybridized carbons (Fsp3) is 0.200. The van der Waals surface area contributed by atoms with Gasteiger partial charge < -0.3 is 0 Å². The molecule has 0 spiro atoms.